The van der Waals surface area contributed by atoms with Gasteiger partial charge in [-0.2, -0.15) is 0 Å². The van der Waals surface area contributed by atoms with Gasteiger partial charge >= 0.3 is 11.9 Å². The lowest BCUT2D eigenvalue weighted by Gasteiger charge is -2.15. The minimum absolute atomic E-state index is 0.0580. The standard InChI is InChI=1S/C35H70N2O3/c1-4-6-8-10-12-14-16-18-20-22-24-26-30-36-34(38)28-27-31-37(3)32-33-40-35(39)29-25-23-21-19-17-15-13-11-9-7-5-2/h4-33H2,1-3H3,(H,36,38)/p+1. The van der Waals surface area contributed by atoms with Crippen LogP contribution in [0.15, 0.2) is 0 Å². The quantitative estimate of drug-likeness (QED) is 0.0369. The monoisotopic (exact) mass is 568 g/mol. The van der Waals surface area contributed by atoms with E-state index in [9.17, 15) is 9.90 Å². The predicted molar refractivity (Wildman–Crippen MR) is 173 cm³/mol. The summed E-state index contributed by atoms with van der Waals surface area (Å²) in [6.45, 7) is 7.51. The van der Waals surface area contributed by atoms with Gasteiger partial charge in [0.15, 0.2) is 0 Å². The first kappa shape index (κ1) is 38.9. The molecule has 0 saturated heterocycles. The number of aliphatic hydroxyl groups is 1. The average Bonchev–Trinajstić information content (AvgIpc) is 2.94. The summed E-state index contributed by atoms with van der Waals surface area (Å²) in [5, 5.41) is 10.1. The fourth-order valence-electron chi connectivity index (χ4n) is 5.24. The van der Waals surface area contributed by atoms with E-state index in [0.717, 1.165) is 45.3 Å². The van der Waals surface area contributed by atoms with E-state index in [1.165, 1.54) is 128 Å². The Morgan fingerprint density at radius 2 is 1.00 bits per heavy atom. The Morgan fingerprint density at radius 1 is 0.575 bits per heavy atom. The zero-order valence-electron chi connectivity index (χ0n) is 27.4. The molecule has 2 N–H and O–H groups in total. The highest BCUT2D eigenvalue weighted by Crippen LogP contribution is 2.13. The van der Waals surface area contributed by atoms with E-state index in [-0.39, 0.29) is 5.97 Å². The summed E-state index contributed by atoms with van der Waals surface area (Å²) in [6.07, 6.45) is 32.6. The smallest absolute Gasteiger partial charge is 0.332 e. The number of nitrogens with zero attached hydrogens (tertiary/aromatic N) is 1. The third-order valence-electron chi connectivity index (χ3n) is 8.03. The minimum atomic E-state index is -0.0580. The van der Waals surface area contributed by atoms with Crippen LogP contribution in [0.3, 0.4) is 0 Å². The van der Waals surface area contributed by atoms with Gasteiger partial charge in [-0.25, -0.2) is 4.99 Å². The first-order chi connectivity index (χ1) is 19.6. The molecule has 5 nitrogen and oxygen atoms in total. The zero-order chi connectivity index (χ0) is 29.4. The van der Waals surface area contributed by atoms with E-state index >= 15 is 0 Å². The summed E-state index contributed by atoms with van der Waals surface area (Å²) >= 11 is 0. The molecule has 0 aliphatic carbocycles. The highest BCUT2D eigenvalue weighted by molar-refractivity contribution is 5.69. The molecule has 0 aromatic heterocycles. The number of likely N-dealkylation sites (N-methyl/N-ethyl adjacent to an activating group) is 1. The van der Waals surface area contributed by atoms with Crippen LogP contribution in [0.1, 0.15) is 181 Å². The molecule has 0 aromatic rings. The number of carbonyl (C=O) groups is 1. The van der Waals surface area contributed by atoms with Gasteiger partial charge in [0.05, 0.1) is 6.42 Å². The van der Waals surface area contributed by atoms with E-state index in [2.05, 4.69) is 30.8 Å². The number of carbonyl (C=O) groups excluding carboxylic acids is 1. The van der Waals surface area contributed by atoms with Crippen molar-refractivity contribution >= 4 is 11.9 Å². The van der Waals surface area contributed by atoms with Crippen LogP contribution in [0.4, 0.5) is 0 Å². The van der Waals surface area contributed by atoms with Gasteiger partial charge in [-0.1, -0.05) is 142 Å². The number of aliphatic hydroxyl groups excluding tert-OH is 1. The number of ether oxygens (including phenoxy) is 1. The lowest BCUT2D eigenvalue weighted by atomic mass is 10.1. The summed E-state index contributed by atoms with van der Waals surface area (Å²) in [7, 11) is 2.05. The molecule has 0 atom stereocenters. The summed E-state index contributed by atoms with van der Waals surface area (Å²) < 4.78 is 5.41. The zero-order valence-corrected chi connectivity index (χ0v) is 27.4. The Morgan fingerprint density at radius 3 is 1.48 bits per heavy atom. The van der Waals surface area contributed by atoms with Crippen molar-refractivity contribution in [3.63, 3.8) is 0 Å². The van der Waals surface area contributed by atoms with E-state index in [4.69, 9.17) is 4.74 Å². The average molecular weight is 568 g/mol. The maximum absolute atomic E-state index is 12.0. The minimum Gasteiger partial charge on any atom is -0.464 e. The predicted octanol–water partition coefficient (Wildman–Crippen LogP) is 8.68. The number of hydrogen-bond acceptors (Lipinski definition) is 3. The number of nitrogens with one attached hydrogen (secondary N) is 1. The molecule has 0 aromatic carbocycles. The van der Waals surface area contributed by atoms with E-state index in [1.807, 2.05) is 0 Å². The van der Waals surface area contributed by atoms with Gasteiger partial charge < -0.3 is 14.7 Å². The van der Waals surface area contributed by atoms with E-state index < -0.39 is 0 Å². The van der Waals surface area contributed by atoms with E-state index in [0.29, 0.717) is 25.3 Å². The number of esters is 1. The lowest BCUT2D eigenvalue weighted by molar-refractivity contribution is -0.468. The van der Waals surface area contributed by atoms with Crippen molar-refractivity contribution in [3.8, 4) is 0 Å². The fraction of sp³-hybridized carbons (Fsp3) is 0.943. The van der Waals surface area contributed by atoms with Gasteiger partial charge in [0.1, 0.15) is 13.2 Å². The number of unbranched alkanes of at least 4 members (excludes halogenated alkanes) is 21. The summed E-state index contributed by atoms with van der Waals surface area (Å²) in [4.78, 5) is 17.3. The molecular formula is C35H71N2O3+. The Labute approximate surface area is 250 Å². The van der Waals surface area contributed by atoms with Crippen molar-refractivity contribution in [1.82, 2.24) is 4.90 Å². The molecular weight excluding hydrogens is 496 g/mol. The van der Waals surface area contributed by atoms with Gasteiger partial charge in [-0.3, -0.25) is 4.79 Å². The molecule has 0 unspecified atom stereocenters. The summed E-state index contributed by atoms with van der Waals surface area (Å²) in [5.74, 6) is 0.354. The van der Waals surface area contributed by atoms with Crippen LogP contribution in [0.25, 0.3) is 0 Å². The van der Waals surface area contributed by atoms with Crippen LogP contribution < -0.4 is 4.99 Å². The number of rotatable bonds is 32. The van der Waals surface area contributed by atoms with Crippen LogP contribution in [0, 0.1) is 0 Å². The normalized spacial score (nSPS) is 11.9. The lowest BCUT2D eigenvalue weighted by Crippen LogP contribution is -2.73. The molecule has 0 heterocycles. The molecule has 0 radical (unpaired) electrons. The van der Waals surface area contributed by atoms with Crippen molar-refractivity contribution < 1.29 is 19.6 Å². The topological polar surface area (TPSA) is 63.7 Å². The fourth-order valence-corrected chi connectivity index (χ4v) is 5.24. The van der Waals surface area contributed by atoms with Crippen LogP contribution in [-0.4, -0.2) is 55.2 Å². The van der Waals surface area contributed by atoms with Gasteiger partial charge in [0.25, 0.3) is 0 Å². The van der Waals surface area contributed by atoms with Crippen LogP contribution >= 0.6 is 0 Å². The van der Waals surface area contributed by atoms with Crippen molar-refractivity contribution in [3.05, 3.63) is 0 Å². The highest BCUT2D eigenvalue weighted by Gasteiger charge is 2.07. The molecule has 0 aliphatic heterocycles. The molecule has 0 spiro atoms. The molecule has 0 saturated carbocycles. The highest BCUT2D eigenvalue weighted by atomic mass is 16.5. The Balaban J connectivity index is 3.45. The first-order valence-corrected chi connectivity index (χ1v) is 17.7. The second-order valence-electron chi connectivity index (χ2n) is 12.2. The SMILES string of the molecule is CCCCCCCCCCCCCC[NH+]=C(O)CCCN(C)CCOC(=O)CCCCCCCCCCCCC. The van der Waals surface area contributed by atoms with Gasteiger partial charge in [0, 0.05) is 19.4 Å². The molecule has 5 heteroatoms. The van der Waals surface area contributed by atoms with Crippen molar-refractivity contribution in [2.45, 2.75) is 181 Å². The molecule has 238 valence electrons. The second kappa shape index (κ2) is 32.4. The third kappa shape index (κ3) is 31.4. The number of hydrogen-bond donors (Lipinski definition) is 2. The molecule has 0 fully saturated rings. The van der Waals surface area contributed by atoms with Gasteiger partial charge in [-0.05, 0) is 32.9 Å². The molecule has 0 aliphatic rings. The first-order valence-electron chi connectivity index (χ1n) is 17.7. The maximum Gasteiger partial charge on any atom is 0.332 e. The Kier molecular flexibility index (Phi) is 31.5. The Hall–Kier alpha value is -1.10. The van der Waals surface area contributed by atoms with E-state index in [1.54, 1.807) is 0 Å². The maximum atomic E-state index is 12.0. The van der Waals surface area contributed by atoms with Crippen LogP contribution in [0.2, 0.25) is 0 Å². The largest absolute Gasteiger partial charge is 0.464 e. The van der Waals surface area contributed by atoms with Gasteiger partial charge in [0.2, 0.25) is 0 Å². The molecule has 0 rings (SSSR count). The van der Waals surface area contributed by atoms with Crippen LogP contribution in [0.5, 0.6) is 0 Å². The molecule has 0 bridgehead atoms. The molecule has 40 heavy (non-hydrogen) atoms. The van der Waals surface area contributed by atoms with Crippen LogP contribution in [-0.2, 0) is 9.53 Å². The summed E-state index contributed by atoms with van der Waals surface area (Å²) in [6, 6.07) is 0. The van der Waals surface area contributed by atoms with Crippen molar-refractivity contribution in [2.75, 3.05) is 33.3 Å². The van der Waals surface area contributed by atoms with Crippen molar-refractivity contribution in [2.24, 2.45) is 0 Å². The third-order valence-corrected chi connectivity index (χ3v) is 8.03. The molecule has 0 amide bonds. The van der Waals surface area contributed by atoms with Gasteiger partial charge in [-0.15, -0.1) is 0 Å². The summed E-state index contributed by atoms with van der Waals surface area (Å²) in [5.41, 5.74) is 0. The van der Waals surface area contributed by atoms with Crippen molar-refractivity contribution in [1.29, 1.82) is 0 Å². The Bertz CT molecular complexity index is 553. The second-order valence-corrected chi connectivity index (χ2v) is 12.2.